The molecule has 0 aliphatic rings. The van der Waals surface area contributed by atoms with Gasteiger partial charge in [-0.3, -0.25) is 0 Å². The molecule has 0 atom stereocenters. The van der Waals surface area contributed by atoms with Crippen molar-refractivity contribution in [2.75, 3.05) is 0 Å². The van der Waals surface area contributed by atoms with Crippen molar-refractivity contribution < 1.29 is 51.4 Å². The maximum atomic E-state index is 3.83. The summed E-state index contributed by atoms with van der Waals surface area (Å²) in [4.78, 5) is 0. The van der Waals surface area contributed by atoms with Gasteiger partial charge < -0.3 is 6.92 Å². The third-order valence-corrected chi connectivity index (χ3v) is 1.63. The van der Waals surface area contributed by atoms with Crippen molar-refractivity contribution in [2.24, 2.45) is 5.41 Å². The zero-order valence-electron chi connectivity index (χ0n) is 6.62. The van der Waals surface area contributed by atoms with E-state index in [-0.39, 0.29) is 51.4 Å². The topological polar surface area (TPSA) is 0 Å². The maximum absolute atomic E-state index is 3.83. The molecular weight excluding hydrogens is 123 g/mol. The zero-order chi connectivity index (χ0) is 5.91. The van der Waals surface area contributed by atoms with E-state index < -0.39 is 0 Å². The van der Waals surface area contributed by atoms with Crippen LogP contribution in [0.2, 0.25) is 0 Å². The molecule has 0 aliphatic carbocycles. The second-order valence-electron chi connectivity index (χ2n) is 2.77. The van der Waals surface area contributed by atoms with Crippen LogP contribution in [0.3, 0.4) is 0 Å². The Morgan fingerprint density at radius 2 is 1.75 bits per heavy atom. The van der Waals surface area contributed by atoms with Crippen molar-refractivity contribution >= 4 is 0 Å². The van der Waals surface area contributed by atoms with Gasteiger partial charge >= 0.3 is 51.4 Å². The molecule has 0 fully saturated rings. The fourth-order valence-corrected chi connectivity index (χ4v) is 0.177. The van der Waals surface area contributed by atoms with E-state index in [0.29, 0.717) is 5.41 Å². The molecule has 0 nitrogen and oxygen atoms in total. The van der Waals surface area contributed by atoms with Gasteiger partial charge in [0.15, 0.2) is 0 Å². The molecule has 0 heterocycles. The standard InChI is InChI=1S/C7H15.K/c1-5-7(3,4)6-2;/h1,5-6H2,2-4H3;/q-1;+1. The van der Waals surface area contributed by atoms with Crippen LogP contribution in [0.1, 0.15) is 33.6 Å². The summed E-state index contributed by atoms with van der Waals surface area (Å²) in [6.07, 6.45) is 2.28. The van der Waals surface area contributed by atoms with E-state index in [1.807, 2.05) is 0 Å². The first-order chi connectivity index (χ1) is 3.12. The molecule has 0 bridgehead atoms. The van der Waals surface area contributed by atoms with Crippen LogP contribution in [-0.4, -0.2) is 0 Å². The Bertz CT molecular complexity index is 42.3. The minimum atomic E-state index is 0. The van der Waals surface area contributed by atoms with Crippen LogP contribution >= 0.6 is 0 Å². The zero-order valence-corrected chi connectivity index (χ0v) is 9.74. The minimum absolute atomic E-state index is 0. The van der Waals surface area contributed by atoms with Crippen molar-refractivity contribution in [2.45, 2.75) is 33.6 Å². The van der Waals surface area contributed by atoms with E-state index in [0.717, 1.165) is 6.42 Å². The van der Waals surface area contributed by atoms with Crippen molar-refractivity contribution in [1.82, 2.24) is 0 Å². The van der Waals surface area contributed by atoms with Crippen LogP contribution in [-0.2, 0) is 0 Å². The van der Waals surface area contributed by atoms with Crippen LogP contribution in [0.5, 0.6) is 0 Å². The molecule has 0 aromatic heterocycles. The average Bonchev–Trinajstić information content (AvgIpc) is 1.68. The molecule has 8 heavy (non-hydrogen) atoms. The molecule has 0 amide bonds. The Balaban J connectivity index is 0. The third kappa shape index (κ3) is 5.77. The van der Waals surface area contributed by atoms with Crippen molar-refractivity contribution in [3.63, 3.8) is 0 Å². The second kappa shape index (κ2) is 5.42. The van der Waals surface area contributed by atoms with Gasteiger partial charge in [0.2, 0.25) is 0 Å². The van der Waals surface area contributed by atoms with Gasteiger partial charge in [0, 0.05) is 0 Å². The molecule has 0 aromatic carbocycles. The Labute approximate surface area is 95.9 Å². The van der Waals surface area contributed by atoms with Gasteiger partial charge in [0.25, 0.3) is 0 Å². The van der Waals surface area contributed by atoms with E-state index in [9.17, 15) is 0 Å². The molecule has 1 heteroatoms. The predicted molar refractivity (Wildman–Crippen MR) is 34.0 cm³/mol. The summed E-state index contributed by atoms with van der Waals surface area (Å²) < 4.78 is 0. The van der Waals surface area contributed by atoms with E-state index in [1.165, 1.54) is 6.42 Å². The Morgan fingerprint density at radius 3 is 1.75 bits per heavy atom. The first kappa shape index (κ1) is 12.3. The van der Waals surface area contributed by atoms with Crippen LogP contribution in [0.15, 0.2) is 0 Å². The third-order valence-electron chi connectivity index (χ3n) is 1.63. The average molecular weight is 138 g/mol. The van der Waals surface area contributed by atoms with Crippen LogP contribution in [0.4, 0.5) is 0 Å². The van der Waals surface area contributed by atoms with E-state index in [2.05, 4.69) is 27.7 Å². The summed E-state index contributed by atoms with van der Waals surface area (Å²) in [5.41, 5.74) is 0.472. The van der Waals surface area contributed by atoms with Crippen LogP contribution < -0.4 is 51.4 Å². The Hall–Kier alpha value is 1.64. The first-order valence-corrected chi connectivity index (χ1v) is 2.91. The van der Waals surface area contributed by atoms with Crippen molar-refractivity contribution in [1.29, 1.82) is 0 Å². The normalized spacial score (nSPS) is 10.5. The summed E-state index contributed by atoms with van der Waals surface area (Å²) in [6, 6.07) is 0. The monoisotopic (exact) mass is 138 g/mol. The second-order valence-corrected chi connectivity index (χ2v) is 2.77. The van der Waals surface area contributed by atoms with Crippen LogP contribution in [0.25, 0.3) is 0 Å². The molecule has 0 spiro atoms. The van der Waals surface area contributed by atoms with Gasteiger partial charge in [-0.15, -0.1) is 0 Å². The Kier molecular flexibility index (Phi) is 8.36. The van der Waals surface area contributed by atoms with Crippen molar-refractivity contribution in [3.8, 4) is 0 Å². The van der Waals surface area contributed by atoms with E-state index in [1.54, 1.807) is 0 Å². The summed E-state index contributed by atoms with van der Waals surface area (Å²) in [6.45, 7) is 10.5. The smallest absolute Gasteiger partial charge is 0.343 e. The quantitative estimate of drug-likeness (QED) is 0.361. The number of rotatable bonds is 2. The fraction of sp³-hybridized carbons (Fsp3) is 0.857. The van der Waals surface area contributed by atoms with Gasteiger partial charge in [-0.1, -0.05) is 32.6 Å². The largest absolute Gasteiger partial charge is 1.00 e. The molecular formula is C7H15K. The van der Waals surface area contributed by atoms with Gasteiger partial charge in [0.1, 0.15) is 0 Å². The van der Waals surface area contributed by atoms with Crippen molar-refractivity contribution in [3.05, 3.63) is 6.92 Å². The molecule has 0 N–H and O–H groups in total. The summed E-state index contributed by atoms with van der Waals surface area (Å²) >= 11 is 0. The van der Waals surface area contributed by atoms with Gasteiger partial charge in [0.05, 0.1) is 0 Å². The fourth-order valence-electron chi connectivity index (χ4n) is 0.177. The molecule has 0 rings (SSSR count). The summed E-state index contributed by atoms with van der Waals surface area (Å²) in [5, 5.41) is 0. The van der Waals surface area contributed by atoms with Gasteiger partial charge in [-0.2, -0.15) is 6.42 Å². The maximum Gasteiger partial charge on any atom is 1.00 e. The van der Waals surface area contributed by atoms with Gasteiger partial charge in [-0.25, -0.2) is 0 Å². The number of hydrogen-bond acceptors (Lipinski definition) is 0. The molecule has 44 valence electrons. The molecule has 0 radical (unpaired) electrons. The van der Waals surface area contributed by atoms with E-state index in [4.69, 9.17) is 0 Å². The summed E-state index contributed by atoms with van der Waals surface area (Å²) in [7, 11) is 0. The molecule has 0 unspecified atom stereocenters. The molecule has 0 aliphatic heterocycles. The Morgan fingerprint density at radius 1 is 1.38 bits per heavy atom. The summed E-state index contributed by atoms with van der Waals surface area (Å²) in [5.74, 6) is 0. The minimum Gasteiger partial charge on any atom is -0.343 e. The van der Waals surface area contributed by atoms with E-state index >= 15 is 0 Å². The molecule has 0 aromatic rings. The molecule has 0 saturated carbocycles. The SMILES string of the molecule is [CH2-]CC(C)(C)CC.[K+]. The predicted octanol–water partition coefficient (Wildman–Crippen LogP) is -0.349. The van der Waals surface area contributed by atoms with Crippen LogP contribution in [0, 0.1) is 12.3 Å². The molecule has 0 saturated heterocycles. The first-order valence-electron chi connectivity index (χ1n) is 2.91. The van der Waals surface area contributed by atoms with Gasteiger partial charge in [-0.05, 0) is 0 Å². The number of hydrogen-bond donors (Lipinski definition) is 0.